The second-order valence-corrected chi connectivity index (χ2v) is 7.54. The largest absolute Gasteiger partial charge is 0.474 e. The molecule has 31 heavy (non-hydrogen) atoms. The van der Waals surface area contributed by atoms with Gasteiger partial charge >= 0.3 is 12.1 Å². The van der Waals surface area contributed by atoms with E-state index in [2.05, 4.69) is 15.0 Å². The van der Waals surface area contributed by atoms with Gasteiger partial charge in [0.05, 0.1) is 6.10 Å². The summed E-state index contributed by atoms with van der Waals surface area (Å²) < 4.78 is 64.5. The lowest BCUT2D eigenvalue weighted by molar-refractivity contribution is -0.163. The number of rotatable bonds is 7. The Labute approximate surface area is 186 Å². The minimum absolute atomic E-state index is 0.0542. The molecule has 0 aromatic heterocycles. The molecule has 0 bridgehead atoms. The number of hydrogen-bond donors (Lipinski definition) is 1. The Balaban J connectivity index is 2.08. The molecule has 11 heteroatoms. The molecule has 0 fully saturated rings. The van der Waals surface area contributed by atoms with Crippen molar-refractivity contribution in [3.05, 3.63) is 65.2 Å². The Morgan fingerprint density at radius 2 is 1.68 bits per heavy atom. The zero-order valence-electron chi connectivity index (χ0n) is 16.3. The van der Waals surface area contributed by atoms with Crippen LogP contribution in [0.25, 0.3) is 0 Å². The Bertz CT molecular complexity index is 918. The minimum atomic E-state index is -3.78. The summed E-state index contributed by atoms with van der Waals surface area (Å²) in [5.41, 5.74) is -0.0541. The maximum absolute atomic E-state index is 14.0. The molecule has 0 aliphatic rings. The Morgan fingerprint density at radius 1 is 1.10 bits per heavy atom. The summed E-state index contributed by atoms with van der Waals surface area (Å²) >= 11 is 10.3. The number of amides is 2. The molecule has 5 nitrogen and oxygen atoms in total. The standard InChI is InChI=1S/C20H18Cl2F4N2O3/c1-11(2)30-17(16-14(23)4-3-5-15(16)24)28-19(29)27-10-12-6-8-13(9-7-12)31-20(25,26)18(21)22/h3-9,11,18H,10H2,1-2H3,(H,27,29). The molecule has 0 spiro atoms. The van der Waals surface area contributed by atoms with Crippen LogP contribution in [-0.4, -0.2) is 29.0 Å². The molecule has 0 heterocycles. The van der Waals surface area contributed by atoms with Gasteiger partial charge in [0.2, 0.25) is 10.7 Å². The summed E-state index contributed by atoms with van der Waals surface area (Å²) in [4.78, 5) is 13.7. The average molecular weight is 481 g/mol. The number of halogens is 6. The molecular formula is C20H18Cl2F4N2O3. The topological polar surface area (TPSA) is 59.9 Å². The molecule has 2 aromatic rings. The summed E-state index contributed by atoms with van der Waals surface area (Å²) in [6.45, 7) is 3.16. The van der Waals surface area contributed by atoms with E-state index in [4.69, 9.17) is 27.9 Å². The Kier molecular flexibility index (Phi) is 8.52. The summed E-state index contributed by atoms with van der Waals surface area (Å²) in [5.74, 6) is -2.57. The Morgan fingerprint density at radius 3 is 2.19 bits per heavy atom. The van der Waals surface area contributed by atoms with Crippen molar-refractivity contribution in [1.82, 2.24) is 5.32 Å². The van der Waals surface area contributed by atoms with Crippen molar-refractivity contribution in [2.24, 2.45) is 4.99 Å². The molecule has 0 radical (unpaired) electrons. The highest BCUT2D eigenvalue weighted by atomic mass is 35.5. The van der Waals surface area contributed by atoms with E-state index >= 15 is 0 Å². The van der Waals surface area contributed by atoms with Gasteiger partial charge in [0.15, 0.2) is 0 Å². The number of aliphatic imine (C=N–C) groups is 1. The van der Waals surface area contributed by atoms with Crippen LogP contribution in [0.4, 0.5) is 22.4 Å². The van der Waals surface area contributed by atoms with E-state index in [0.29, 0.717) is 5.56 Å². The Hall–Kier alpha value is -2.52. The van der Waals surface area contributed by atoms with Crippen molar-refractivity contribution >= 4 is 35.1 Å². The van der Waals surface area contributed by atoms with Gasteiger partial charge in [-0.25, -0.2) is 13.6 Å². The van der Waals surface area contributed by atoms with E-state index in [9.17, 15) is 22.4 Å². The summed E-state index contributed by atoms with van der Waals surface area (Å²) in [6, 6.07) is 7.57. The van der Waals surface area contributed by atoms with E-state index in [1.54, 1.807) is 13.8 Å². The first-order chi connectivity index (χ1) is 14.5. The van der Waals surface area contributed by atoms with Gasteiger partial charge in [-0.2, -0.15) is 13.8 Å². The SMILES string of the molecule is CC(C)OC(=NC(=O)NCc1ccc(OC(F)(F)C(Cl)Cl)cc1)c1c(F)cccc1F. The van der Waals surface area contributed by atoms with Crippen LogP contribution in [0.3, 0.4) is 0 Å². The van der Waals surface area contributed by atoms with Crippen LogP contribution in [0.2, 0.25) is 0 Å². The average Bonchev–Trinajstić information content (AvgIpc) is 2.66. The maximum atomic E-state index is 14.0. The molecule has 2 amide bonds. The summed E-state index contributed by atoms with van der Waals surface area (Å²) in [6.07, 6.45) is -4.28. The minimum Gasteiger partial charge on any atom is -0.474 e. The third-order valence-corrected chi connectivity index (χ3v) is 4.11. The lowest BCUT2D eigenvalue weighted by Crippen LogP contribution is -2.32. The molecule has 168 valence electrons. The predicted octanol–water partition coefficient (Wildman–Crippen LogP) is 5.82. The number of carbonyl (C=O) groups is 1. The van der Waals surface area contributed by atoms with Crippen molar-refractivity contribution < 1.29 is 31.8 Å². The number of ether oxygens (including phenoxy) is 2. The fourth-order valence-corrected chi connectivity index (χ4v) is 2.34. The second-order valence-electron chi connectivity index (χ2n) is 6.45. The highest BCUT2D eigenvalue weighted by Crippen LogP contribution is 2.30. The van der Waals surface area contributed by atoms with Crippen LogP contribution >= 0.6 is 23.2 Å². The number of hydrogen-bond acceptors (Lipinski definition) is 3. The normalized spacial score (nSPS) is 12.3. The van der Waals surface area contributed by atoms with Crippen LogP contribution in [0, 0.1) is 11.6 Å². The van der Waals surface area contributed by atoms with E-state index < -0.39 is 46.2 Å². The van der Waals surface area contributed by atoms with Gasteiger partial charge in [0.25, 0.3) is 0 Å². The third kappa shape index (κ3) is 7.29. The van der Waals surface area contributed by atoms with E-state index in [-0.39, 0.29) is 12.3 Å². The molecule has 0 aliphatic carbocycles. The summed E-state index contributed by atoms with van der Waals surface area (Å²) in [7, 11) is 0. The lowest BCUT2D eigenvalue weighted by atomic mass is 10.2. The molecule has 0 unspecified atom stereocenters. The van der Waals surface area contributed by atoms with E-state index in [1.165, 1.54) is 30.3 Å². The van der Waals surface area contributed by atoms with Gasteiger partial charge in [-0.3, -0.25) is 0 Å². The summed E-state index contributed by atoms with van der Waals surface area (Å²) in [5, 5.41) is 2.41. The van der Waals surface area contributed by atoms with Crippen LogP contribution in [0.5, 0.6) is 5.75 Å². The number of carbonyl (C=O) groups excluding carboxylic acids is 1. The molecule has 2 aromatic carbocycles. The molecular weight excluding hydrogens is 463 g/mol. The first-order valence-electron chi connectivity index (χ1n) is 8.91. The van der Waals surface area contributed by atoms with E-state index in [1.807, 2.05) is 0 Å². The predicted molar refractivity (Wildman–Crippen MR) is 109 cm³/mol. The number of benzene rings is 2. The second kappa shape index (κ2) is 10.7. The number of urea groups is 1. The fraction of sp³-hybridized carbons (Fsp3) is 0.300. The van der Waals surface area contributed by atoms with Crippen molar-refractivity contribution in [3.8, 4) is 5.75 Å². The molecule has 0 saturated heterocycles. The van der Waals surface area contributed by atoms with Crippen molar-refractivity contribution in [1.29, 1.82) is 0 Å². The van der Waals surface area contributed by atoms with Gasteiger partial charge in [0, 0.05) is 6.54 Å². The fourth-order valence-electron chi connectivity index (χ4n) is 2.25. The first kappa shape index (κ1) is 24.7. The van der Waals surface area contributed by atoms with Crippen LogP contribution in [0.1, 0.15) is 25.0 Å². The quantitative estimate of drug-likeness (QED) is 0.235. The smallest absolute Gasteiger partial charge is 0.428 e. The van der Waals surface area contributed by atoms with Gasteiger partial charge in [0.1, 0.15) is 22.9 Å². The third-order valence-electron chi connectivity index (χ3n) is 3.60. The molecule has 0 saturated carbocycles. The van der Waals surface area contributed by atoms with Crippen LogP contribution < -0.4 is 10.1 Å². The van der Waals surface area contributed by atoms with Gasteiger partial charge in [-0.1, -0.05) is 41.4 Å². The van der Waals surface area contributed by atoms with Crippen LogP contribution in [0.15, 0.2) is 47.5 Å². The van der Waals surface area contributed by atoms with Crippen molar-refractivity contribution in [2.75, 3.05) is 0 Å². The van der Waals surface area contributed by atoms with Gasteiger partial charge in [-0.15, -0.1) is 0 Å². The molecule has 2 rings (SSSR count). The van der Waals surface area contributed by atoms with E-state index in [0.717, 1.165) is 12.1 Å². The van der Waals surface area contributed by atoms with Gasteiger partial charge in [-0.05, 0) is 43.7 Å². The van der Waals surface area contributed by atoms with Crippen molar-refractivity contribution in [3.63, 3.8) is 0 Å². The highest BCUT2D eigenvalue weighted by molar-refractivity contribution is 6.44. The molecule has 0 atom stereocenters. The number of nitrogens with zero attached hydrogens (tertiary/aromatic N) is 1. The first-order valence-corrected chi connectivity index (χ1v) is 9.78. The molecule has 1 N–H and O–H groups in total. The van der Waals surface area contributed by atoms with Crippen LogP contribution in [-0.2, 0) is 11.3 Å². The number of nitrogens with one attached hydrogen (secondary N) is 1. The monoisotopic (exact) mass is 480 g/mol. The highest BCUT2D eigenvalue weighted by Gasteiger charge is 2.40. The zero-order valence-corrected chi connectivity index (χ0v) is 17.9. The zero-order chi connectivity index (χ0) is 23.2. The van der Waals surface area contributed by atoms with Crippen molar-refractivity contribution in [2.45, 2.75) is 37.4 Å². The van der Waals surface area contributed by atoms with Gasteiger partial charge < -0.3 is 14.8 Å². The number of alkyl halides is 4. The lowest BCUT2D eigenvalue weighted by Gasteiger charge is -2.18. The maximum Gasteiger partial charge on any atom is 0.428 e. The molecule has 0 aliphatic heterocycles.